The Morgan fingerprint density at radius 2 is 2.35 bits per heavy atom. The quantitative estimate of drug-likeness (QED) is 0.458. The first-order valence-electron chi connectivity index (χ1n) is 7.09. The van der Waals surface area contributed by atoms with Crippen molar-refractivity contribution in [3.8, 4) is 0 Å². The van der Waals surface area contributed by atoms with Crippen LogP contribution in [0, 0.1) is 0 Å². The van der Waals surface area contributed by atoms with E-state index in [0.717, 1.165) is 38.4 Å². The van der Waals surface area contributed by atoms with Crippen LogP contribution in [-0.4, -0.2) is 52.9 Å². The van der Waals surface area contributed by atoms with Gasteiger partial charge >= 0.3 is 0 Å². The Morgan fingerprint density at radius 1 is 1.60 bits per heavy atom. The standard InChI is InChI=1S/C13H23N5OS/c1-3-18(4-2)11-5-6-17(8-11)7-10-9-20-13(15-10)12(19)16-14/h9,11H,3-8,14H2,1-2H3,(H,16,19). The molecule has 1 amide bonds. The molecule has 1 aromatic rings. The molecular formula is C13H23N5OS. The molecule has 0 spiro atoms. The van der Waals surface area contributed by atoms with Gasteiger partial charge in [0.05, 0.1) is 5.69 Å². The zero-order chi connectivity index (χ0) is 14.5. The molecule has 0 radical (unpaired) electrons. The van der Waals surface area contributed by atoms with Crippen molar-refractivity contribution in [2.75, 3.05) is 26.2 Å². The van der Waals surface area contributed by atoms with Crippen LogP contribution in [0.25, 0.3) is 0 Å². The first kappa shape index (κ1) is 15.4. The lowest BCUT2D eigenvalue weighted by Gasteiger charge is -2.26. The minimum atomic E-state index is -0.316. The van der Waals surface area contributed by atoms with Gasteiger partial charge in [0, 0.05) is 31.1 Å². The SMILES string of the molecule is CCN(CC)C1CCN(Cc2csc(C(=O)NN)n2)C1. The number of carbonyl (C=O) groups excluding carboxylic acids is 1. The van der Waals surface area contributed by atoms with Crippen molar-refractivity contribution >= 4 is 17.2 Å². The number of nitrogen functional groups attached to an aromatic ring is 1. The van der Waals surface area contributed by atoms with Crippen molar-refractivity contribution < 1.29 is 4.79 Å². The first-order valence-corrected chi connectivity index (χ1v) is 7.97. The maximum Gasteiger partial charge on any atom is 0.294 e. The van der Waals surface area contributed by atoms with E-state index in [-0.39, 0.29) is 5.91 Å². The summed E-state index contributed by atoms with van der Waals surface area (Å²) in [5.41, 5.74) is 3.07. The number of amides is 1. The van der Waals surface area contributed by atoms with Crippen molar-refractivity contribution in [1.29, 1.82) is 0 Å². The van der Waals surface area contributed by atoms with E-state index in [2.05, 4.69) is 34.1 Å². The van der Waals surface area contributed by atoms with Gasteiger partial charge in [0.25, 0.3) is 5.91 Å². The van der Waals surface area contributed by atoms with E-state index in [1.54, 1.807) is 0 Å². The van der Waals surface area contributed by atoms with Gasteiger partial charge in [-0.1, -0.05) is 13.8 Å². The van der Waals surface area contributed by atoms with E-state index in [4.69, 9.17) is 5.84 Å². The smallest absolute Gasteiger partial charge is 0.294 e. The maximum atomic E-state index is 11.4. The second kappa shape index (κ2) is 7.12. The lowest BCUT2D eigenvalue weighted by atomic mass is 10.2. The third kappa shape index (κ3) is 3.54. The topological polar surface area (TPSA) is 74.5 Å². The number of rotatable bonds is 6. The van der Waals surface area contributed by atoms with E-state index in [1.165, 1.54) is 17.8 Å². The number of nitrogens with one attached hydrogen (secondary N) is 1. The van der Waals surface area contributed by atoms with Crippen LogP contribution in [0.2, 0.25) is 0 Å². The molecule has 6 nitrogen and oxygen atoms in total. The highest BCUT2D eigenvalue weighted by molar-refractivity contribution is 7.11. The number of hydrogen-bond acceptors (Lipinski definition) is 6. The molecule has 1 saturated heterocycles. The molecule has 3 N–H and O–H groups in total. The average Bonchev–Trinajstić information content (AvgIpc) is 3.10. The Kier molecular flexibility index (Phi) is 5.47. The molecule has 0 bridgehead atoms. The van der Waals surface area contributed by atoms with Crippen LogP contribution in [0.4, 0.5) is 0 Å². The zero-order valence-corrected chi connectivity index (χ0v) is 12.9. The molecule has 1 atom stereocenters. The average molecular weight is 297 g/mol. The first-order chi connectivity index (χ1) is 9.67. The molecule has 0 saturated carbocycles. The monoisotopic (exact) mass is 297 g/mol. The van der Waals surface area contributed by atoms with Gasteiger partial charge in [-0.2, -0.15) is 0 Å². The summed E-state index contributed by atoms with van der Waals surface area (Å²) in [5, 5.41) is 2.37. The number of hydrazine groups is 1. The van der Waals surface area contributed by atoms with Crippen molar-refractivity contribution in [3.63, 3.8) is 0 Å². The van der Waals surface area contributed by atoms with Gasteiger partial charge in [0.1, 0.15) is 0 Å². The van der Waals surface area contributed by atoms with Crippen LogP contribution >= 0.6 is 11.3 Å². The Morgan fingerprint density at radius 3 is 3.00 bits per heavy atom. The molecule has 0 aliphatic carbocycles. The van der Waals surface area contributed by atoms with Gasteiger partial charge in [-0.3, -0.25) is 20.0 Å². The summed E-state index contributed by atoms with van der Waals surface area (Å²) >= 11 is 1.34. The molecule has 1 aliphatic heterocycles. The van der Waals surface area contributed by atoms with Crippen LogP contribution in [0.1, 0.15) is 35.8 Å². The van der Waals surface area contributed by atoms with Gasteiger partial charge < -0.3 is 0 Å². The molecule has 2 heterocycles. The predicted octanol–water partition coefficient (Wildman–Crippen LogP) is 0.663. The van der Waals surface area contributed by atoms with Crippen LogP contribution < -0.4 is 11.3 Å². The molecule has 1 fully saturated rings. The lowest BCUT2D eigenvalue weighted by molar-refractivity contribution is 0.0953. The number of nitrogens with two attached hydrogens (primary N) is 1. The van der Waals surface area contributed by atoms with E-state index in [1.807, 2.05) is 5.38 Å². The molecular weight excluding hydrogens is 274 g/mol. The van der Waals surface area contributed by atoms with Crippen molar-refractivity contribution in [2.24, 2.45) is 5.84 Å². The van der Waals surface area contributed by atoms with Crippen LogP contribution in [0.3, 0.4) is 0 Å². The summed E-state index contributed by atoms with van der Waals surface area (Å²) in [5.74, 6) is 4.79. The van der Waals surface area contributed by atoms with Crippen LogP contribution in [-0.2, 0) is 6.54 Å². The van der Waals surface area contributed by atoms with Crippen LogP contribution in [0.15, 0.2) is 5.38 Å². The normalized spacial score (nSPS) is 19.7. The zero-order valence-electron chi connectivity index (χ0n) is 12.1. The van der Waals surface area contributed by atoms with Crippen molar-refractivity contribution in [3.05, 3.63) is 16.1 Å². The van der Waals surface area contributed by atoms with Gasteiger partial charge in [-0.15, -0.1) is 11.3 Å². The Labute approximate surface area is 123 Å². The second-order valence-electron chi connectivity index (χ2n) is 5.02. The van der Waals surface area contributed by atoms with Gasteiger partial charge in [0.15, 0.2) is 5.01 Å². The maximum absolute atomic E-state index is 11.4. The number of aromatic nitrogens is 1. The van der Waals surface area contributed by atoms with Crippen LogP contribution in [0.5, 0.6) is 0 Å². The highest BCUT2D eigenvalue weighted by atomic mass is 32.1. The molecule has 20 heavy (non-hydrogen) atoms. The third-order valence-electron chi connectivity index (χ3n) is 3.84. The van der Waals surface area contributed by atoms with Crippen molar-refractivity contribution in [2.45, 2.75) is 32.9 Å². The molecule has 112 valence electrons. The molecule has 2 rings (SSSR count). The minimum Gasteiger partial charge on any atom is -0.300 e. The van der Waals surface area contributed by atoms with E-state index in [9.17, 15) is 4.79 Å². The summed E-state index contributed by atoms with van der Waals surface area (Å²) in [6.07, 6.45) is 1.21. The molecule has 1 unspecified atom stereocenters. The Bertz CT molecular complexity index is 446. The van der Waals surface area contributed by atoms with E-state index >= 15 is 0 Å². The summed E-state index contributed by atoms with van der Waals surface area (Å²) < 4.78 is 0. The lowest BCUT2D eigenvalue weighted by Crippen LogP contribution is -2.37. The Hall–Kier alpha value is -1.02. The summed E-state index contributed by atoms with van der Waals surface area (Å²) in [6.45, 7) is 9.62. The van der Waals surface area contributed by atoms with E-state index in [0.29, 0.717) is 11.0 Å². The van der Waals surface area contributed by atoms with Crippen molar-refractivity contribution in [1.82, 2.24) is 20.2 Å². The van der Waals surface area contributed by atoms with Gasteiger partial charge in [-0.25, -0.2) is 10.8 Å². The van der Waals surface area contributed by atoms with E-state index < -0.39 is 0 Å². The summed E-state index contributed by atoms with van der Waals surface area (Å²) in [4.78, 5) is 20.6. The molecule has 1 aromatic heterocycles. The highest BCUT2D eigenvalue weighted by Crippen LogP contribution is 2.19. The number of likely N-dealkylation sites (N-methyl/N-ethyl adjacent to an activating group) is 1. The third-order valence-corrected chi connectivity index (χ3v) is 4.73. The second-order valence-corrected chi connectivity index (χ2v) is 5.87. The summed E-state index contributed by atoms with van der Waals surface area (Å²) in [6, 6.07) is 0.649. The van der Waals surface area contributed by atoms with Gasteiger partial charge in [0.2, 0.25) is 0 Å². The van der Waals surface area contributed by atoms with Gasteiger partial charge in [-0.05, 0) is 19.5 Å². The fourth-order valence-electron chi connectivity index (χ4n) is 2.77. The number of nitrogens with zero attached hydrogens (tertiary/aromatic N) is 3. The largest absolute Gasteiger partial charge is 0.300 e. The molecule has 7 heteroatoms. The summed E-state index contributed by atoms with van der Waals surface area (Å²) in [7, 11) is 0. The fraction of sp³-hybridized carbons (Fsp3) is 0.692. The number of carbonyl (C=O) groups is 1. The number of likely N-dealkylation sites (tertiary alicyclic amines) is 1. The minimum absolute atomic E-state index is 0.316. The predicted molar refractivity (Wildman–Crippen MR) is 80.4 cm³/mol. The fourth-order valence-corrected chi connectivity index (χ4v) is 3.48. The number of thiazole rings is 1. The Balaban J connectivity index is 1.89. The number of hydrogen-bond donors (Lipinski definition) is 2. The molecule has 0 aromatic carbocycles. The highest BCUT2D eigenvalue weighted by Gasteiger charge is 2.26. The molecule has 1 aliphatic rings.